The highest BCUT2D eigenvalue weighted by Gasteiger charge is 2.39. The number of rotatable bonds is 7. The third-order valence-corrected chi connectivity index (χ3v) is 9.55. The molecule has 2 aliphatic carbocycles. The lowest BCUT2D eigenvalue weighted by Gasteiger charge is -2.38. The van der Waals surface area contributed by atoms with Crippen molar-refractivity contribution in [3.8, 4) is 22.3 Å². The fraction of sp³-hybridized carbons (Fsp3) is 0.294. The van der Waals surface area contributed by atoms with Crippen LogP contribution in [0.2, 0.25) is 39.3 Å². The van der Waals surface area contributed by atoms with Gasteiger partial charge in [-0.2, -0.15) is 0 Å². The molecule has 0 aromatic heterocycles. The van der Waals surface area contributed by atoms with Gasteiger partial charge in [0.1, 0.15) is 0 Å². The van der Waals surface area contributed by atoms with Crippen molar-refractivity contribution in [1.29, 1.82) is 0 Å². The molecule has 4 aromatic rings. The average molecular weight is 535 g/mol. The van der Waals surface area contributed by atoms with E-state index in [4.69, 9.17) is 8.85 Å². The Balaban J connectivity index is 1.53. The minimum Gasteiger partial charge on any atom is -0.408 e. The number of hydrogen-bond donors (Lipinski definition) is 0. The van der Waals surface area contributed by atoms with Gasteiger partial charge in [-0.3, -0.25) is 0 Å². The van der Waals surface area contributed by atoms with Gasteiger partial charge in [0.2, 0.25) is 0 Å². The molecule has 4 aromatic carbocycles. The summed E-state index contributed by atoms with van der Waals surface area (Å²) in [6.07, 6.45) is 1.58. The molecule has 2 aliphatic rings. The largest absolute Gasteiger partial charge is 0.408 e. The topological polar surface area (TPSA) is 18.5 Å². The van der Waals surface area contributed by atoms with Crippen molar-refractivity contribution in [3.63, 3.8) is 0 Å². The molecule has 0 saturated carbocycles. The van der Waals surface area contributed by atoms with Gasteiger partial charge in [0.15, 0.2) is 16.6 Å². The van der Waals surface area contributed by atoms with Gasteiger partial charge in [-0.05, 0) is 108 Å². The molecule has 0 fully saturated rings. The van der Waals surface area contributed by atoms with Crippen LogP contribution in [-0.4, -0.2) is 16.6 Å². The minimum absolute atomic E-state index is 0.159. The second-order valence-corrected chi connectivity index (χ2v) is 21.6. The van der Waals surface area contributed by atoms with Crippen LogP contribution in [0.25, 0.3) is 22.3 Å². The monoisotopic (exact) mass is 534 g/mol. The van der Waals surface area contributed by atoms with E-state index in [0.29, 0.717) is 0 Å². The predicted octanol–water partition coefficient (Wildman–Crippen LogP) is 9.31. The molecular weight excluding hydrogens is 497 g/mol. The zero-order chi connectivity index (χ0) is 26.7. The minimum atomic E-state index is -1.94. The van der Waals surface area contributed by atoms with Crippen molar-refractivity contribution in [1.82, 2.24) is 0 Å². The van der Waals surface area contributed by atoms with E-state index in [2.05, 4.69) is 124 Å². The summed E-state index contributed by atoms with van der Waals surface area (Å²) >= 11 is 0. The van der Waals surface area contributed by atoms with Gasteiger partial charge >= 0.3 is 0 Å². The molecule has 2 atom stereocenters. The van der Waals surface area contributed by atoms with E-state index < -0.39 is 16.6 Å². The quantitative estimate of drug-likeness (QED) is 0.190. The third-order valence-electron chi connectivity index (χ3n) is 7.62. The maximum atomic E-state index is 7.18. The Morgan fingerprint density at radius 1 is 0.474 bits per heavy atom. The Morgan fingerprint density at radius 3 is 1.24 bits per heavy atom. The summed E-state index contributed by atoms with van der Waals surface area (Å²) in [6, 6.07) is 31.3. The highest BCUT2D eigenvalue weighted by atomic mass is 28.4. The third kappa shape index (κ3) is 4.75. The zero-order valence-electron chi connectivity index (χ0n) is 23.5. The fourth-order valence-corrected chi connectivity index (χ4v) is 8.26. The summed E-state index contributed by atoms with van der Waals surface area (Å²) in [5.41, 5.74) is 13.6. The molecular formula is C34H38O2Si2. The Morgan fingerprint density at radius 2 is 0.842 bits per heavy atom. The fourth-order valence-electron chi connectivity index (χ4n) is 6.24. The lowest BCUT2D eigenvalue weighted by atomic mass is 9.89. The van der Waals surface area contributed by atoms with E-state index in [-0.39, 0.29) is 12.2 Å². The lowest BCUT2D eigenvalue weighted by molar-refractivity contribution is 0.0412. The Kier molecular flexibility index (Phi) is 6.35. The maximum Gasteiger partial charge on any atom is 0.184 e. The van der Waals surface area contributed by atoms with Gasteiger partial charge in [-0.15, -0.1) is 0 Å². The molecule has 0 radical (unpaired) electrons. The number of hydrogen-bond acceptors (Lipinski definition) is 2. The Hall–Kier alpha value is -2.77. The molecule has 38 heavy (non-hydrogen) atoms. The summed E-state index contributed by atoms with van der Waals surface area (Å²) in [5.74, 6) is 0. The highest BCUT2D eigenvalue weighted by molar-refractivity contribution is 6.70. The van der Waals surface area contributed by atoms with E-state index in [1.807, 2.05) is 0 Å². The number of benzene rings is 4. The van der Waals surface area contributed by atoms with Crippen LogP contribution in [0, 0.1) is 0 Å². The van der Waals surface area contributed by atoms with Crippen molar-refractivity contribution in [2.75, 3.05) is 0 Å². The van der Waals surface area contributed by atoms with Crippen molar-refractivity contribution in [2.45, 2.75) is 64.3 Å². The average Bonchev–Trinajstić information content (AvgIpc) is 3.43. The molecule has 0 bridgehead atoms. The summed E-state index contributed by atoms with van der Waals surface area (Å²) < 4.78 is 14.4. The van der Waals surface area contributed by atoms with Crippen molar-refractivity contribution in [2.24, 2.45) is 0 Å². The molecule has 0 saturated heterocycles. The summed E-state index contributed by atoms with van der Waals surface area (Å²) in [6.45, 7) is 13.8. The van der Waals surface area contributed by atoms with Gasteiger partial charge in [-0.1, -0.05) is 84.9 Å². The first-order chi connectivity index (χ1) is 18.1. The Bertz CT molecular complexity index is 1390. The van der Waals surface area contributed by atoms with E-state index in [9.17, 15) is 0 Å². The van der Waals surface area contributed by atoms with Gasteiger partial charge in [0, 0.05) is 0 Å². The van der Waals surface area contributed by atoms with Gasteiger partial charge in [-0.25, -0.2) is 0 Å². The van der Waals surface area contributed by atoms with E-state index in [0.717, 1.165) is 12.8 Å². The lowest BCUT2D eigenvalue weighted by Crippen LogP contribution is -2.36. The SMILES string of the molecule is C[Si](C)(C)OC(c1cccc2c1Cc1ccccc1-2)C(O[Si](C)(C)C)c1cccc2c1Cc1ccccc1-2. The van der Waals surface area contributed by atoms with Crippen LogP contribution in [0.4, 0.5) is 0 Å². The van der Waals surface area contributed by atoms with Crippen LogP contribution in [0.5, 0.6) is 0 Å². The van der Waals surface area contributed by atoms with Crippen molar-refractivity contribution in [3.05, 3.63) is 118 Å². The summed E-state index contributed by atoms with van der Waals surface area (Å²) in [7, 11) is -3.88. The van der Waals surface area contributed by atoms with Crippen LogP contribution >= 0.6 is 0 Å². The molecule has 0 N–H and O–H groups in total. The number of fused-ring (bicyclic) bond motifs is 6. The van der Waals surface area contributed by atoms with Crippen molar-refractivity contribution < 1.29 is 8.85 Å². The van der Waals surface area contributed by atoms with E-state index >= 15 is 0 Å². The molecule has 0 spiro atoms. The van der Waals surface area contributed by atoms with E-state index in [1.54, 1.807) is 0 Å². The van der Waals surface area contributed by atoms with Crippen LogP contribution in [0.3, 0.4) is 0 Å². The highest BCUT2D eigenvalue weighted by Crippen LogP contribution is 2.49. The van der Waals surface area contributed by atoms with Gasteiger partial charge < -0.3 is 8.85 Å². The first-order valence-electron chi connectivity index (χ1n) is 13.8. The van der Waals surface area contributed by atoms with Crippen LogP contribution in [-0.2, 0) is 21.7 Å². The second kappa shape index (κ2) is 9.46. The summed E-state index contributed by atoms with van der Waals surface area (Å²) in [4.78, 5) is 0. The standard InChI is InChI=1S/C34H38O2Si2/c1-37(2,3)35-33(29-19-11-17-27-25-15-9-7-13-23(25)21-31(27)29)34(36-38(4,5)6)30-20-12-18-28-26-16-10-8-14-24(26)22-32(28)30/h7-20,33-34H,21-22H2,1-6H3. The molecule has 4 heteroatoms. The molecule has 0 amide bonds. The van der Waals surface area contributed by atoms with E-state index in [1.165, 1.54) is 55.6 Å². The molecule has 2 nitrogen and oxygen atoms in total. The molecule has 6 rings (SSSR count). The van der Waals surface area contributed by atoms with Crippen LogP contribution in [0.15, 0.2) is 84.9 Å². The van der Waals surface area contributed by atoms with Crippen LogP contribution in [0.1, 0.15) is 45.6 Å². The molecule has 2 unspecified atom stereocenters. The van der Waals surface area contributed by atoms with Crippen LogP contribution < -0.4 is 0 Å². The maximum absolute atomic E-state index is 7.18. The first kappa shape index (κ1) is 25.5. The normalized spacial score (nSPS) is 15.4. The summed E-state index contributed by atoms with van der Waals surface area (Å²) in [5, 5.41) is 0. The smallest absolute Gasteiger partial charge is 0.184 e. The molecule has 0 heterocycles. The predicted molar refractivity (Wildman–Crippen MR) is 164 cm³/mol. The zero-order valence-corrected chi connectivity index (χ0v) is 25.5. The van der Waals surface area contributed by atoms with Gasteiger partial charge in [0.25, 0.3) is 0 Å². The first-order valence-corrected chi connectivity index (χ1v) is 20.7. The molecule has 194 valence electrons. The second-order valence-electron chi connectivity index (χ2n) is 12.7. The molecule has 0 aliphatic heterocycles. The van der Waals surface area contributed by atoms with Gasteiger partial charge in [0.05, 0.1) is 12.2 Å². The Labute approximate surface area is 229 Å². The van der Waals surface area contributed by atoms with Crippen molar-refractivity contribution >= 4 is 16.6 Å².